The molecular weight excluding hydrogens is 474 g/mol. The number of aliphatic hydroxyl groups is 1. The number of aryl methyl sites for hydroxylation is 1. The molecule has 8 nitrogen and oxygen atoms in total. The number of aromatic nitrogens is 1. The first-order valence-corrected chi connectivity index (χ1v) is 13.9. The van der Waals surface area contributed by atoms with Crippen LogP contribution >= 0.6 is 11.3 Å². The highest BCUT2D eigenvalue weighted by Gasteiger charge is 2.34. The Hall–Kier alpha value is -2.65. The van der Waals surface area contributed by atoms with Crippen molar-refractivity contribution in [2.45, 2.75) is 64.5 Å². The zero-order valence-electron chi connectivity index (χ0n) is 21.5. The van der Waals surface area contributed by atoms with E-state index in [-0.39, 0.29) is 23.9 Å². The van der Waals surface area contributed by atoms with Gasteiger partial charge in [0.1, 0.15) is 4.88 Å². The topological polar surface area (TPSA) is 89.0 Å². The molecule has 2 N–H and O–H groups in total. The number of anilines is 2. The predicted molar refractivity (Wildman–Crippen MR) is 143 cm³/mol. The minimum absolute atomic E-state index is 0.00951. The Kier molecular flexibility index (Phi) is 6.96. The summed E-state index contributed by atoms with van der Waals surface area (Å²) in [4.78, 5) is 37.8. The number of nitrogens with zero attached hydrogens (tertiary/aromatic N) is 4. The number of benzene rings is 1. The number of likely N-dealkylation sites (tertiary alicyclic amines) is 1. The summed E-state index contributed by atoms with van der Waals surface area (Å²) in [6.45, 7) is 9.35. The molecule has 2 aromatic rings. The Balaban J connectivity index is 1.18. The second-order valence-corrected chi connectivity index (χ2v) is 11.9. The van der Waals surface area contributed by atoms with Crippen molar-refractivity contribution in [2.24, 2.45) is 5.92 Å². The van der Waals surface area contributed by atoms with E-state index >= 15 is 0 Å². The number of carbonyl (C=O) groups is 2. The molecule has 5 rings (SSSR count). The summed E-state index contributed by atoms with van der Waals surface area (Å²) in [5, 5.41) is 14.3. The lowest BCUT2D eigenvalue weighted by Gasteiger charge is -2.38. The molecule has 0 unspecified atom stereocenters. The van der Waals surface area contributed by atoms with Gasteiger partial charge in [-0.1, -0.05) is 29.5 Å². The molecule has 0 saturated carbocycles. The lowest BCUT2D eigenvalue weighted by Crippen LogP contribution is -2.48. The molecule has 3 aliphatic rings. The summed E-state index contributed by atoms with van der Waals surface area (Å²) in [6, 6.07) is 8.23. The quantitative estimate of drug-likeness (QED) is 0.644. The second kappa shape index (κ2) is 10.0. The Morgan fingerprint density at radius 3 is 2.47 bits per heavy atom. The highest BCUT2D eigenvalue weighted by atomic mass is 32.1. The summed E-state index contributed by atoms with van der Waals surface area (Å²) in [5.74, 6) is 0.280. The number of thiazole rings is 1. The monoisotopic (exact) mass is 511 g/mol. The van der Waals surface area contributed by atoms with Crippen LogP contribution in [0.2, 0.25) is 0 Å². The molecule has 3 aliphatic heterocycles. The maximum Gasteiger partial charge on any atom is 0.322 e. The van der Waals surface area contributed by atoms with Crippen LogP contribution in [-0.2, 0) is 6.42 Å². The lowest BCUT2D eigenvalue weighted by molar-refractivity contribution is -0.0107. The fraction of sp³-hybridized carbons (Fsp3) is 0.593. The average molecular weight is 512 g/mol. The van der Waals surface area contributed by atoms with Crippen molar-refractivity contribution in [1.29, 1.82) is 0 Å². The molecule has 194 valence electrons. The smallest absolute Gasteiger partial charge is 0.322 e. The van der Waals surface area contributed by atoms with Crippen molar-refractivity contribution in [3.63, 3.8) is 0 Å². The van der Waals surface area contributed by atoms with Gasteiger partial charge < -0.3 is 25.1 Å². The van der Waals surface area contributed by atoms with Crippen LogP contribution in [0.15, 0.2) is 24.3 Å². The van der Waals surface area contributed by atoms with Crippen LogP contribution in [0.5, 0.6) is 0 Å². The van der Waals surface area contributed by atoms with Gasteiger partial charge in [-0.25, -0.2) is 9.78 Å². The number of amides is 3. The summed E-state index contributed by atoms with van der Waals surface area (Å²) >= 11 is 1.49. The van der Waals surface area contributed by atoms with Gasteiger partial charge >= 0.3 is 6.03 Å². The van der Waals surface area contributed by atoms with E-state index in [2.05, 4.69) is 16.3 Å². The number of piperidine rings is 2. The molecule has 3 amide bonds. The second-order valence-electron chi connectivity index (χ2n) is 10.9. The molecule has 1 aromatic carbocycles. The number of hydrogen-bond donors (Lipinski definition) is 2. The Labute approximate surface area is 217 Å². The highest BCUT2D eigenvalue weighted by molar-refractivity contribution is 7.17. The Bertz CT molecular complexity index is 1110. The first kappa shape index (κ1) is 25.0. The third-order valence-electron chi connectivity index (χ3n) is 8.08. The van der Waals surface area contributed by atoms with Crippen LogP contribution in [-0.4, -0.2) is 76.2 Å². The van der Waals surface area contributed by atoms with Crippen LogP contribution in [0.25, 0.3) is 0 Å². The highest BCUT2D eigenvalue weighted by Crippen LogP contribution is 2.33. The number of hydrogen-bond acceptors (Lipinski definition) is 6. The van der Waals surface area contributed by atoms with Crippen LogP contribution in [0.3, 0.4) is 0 Å². The van der Waals surface area contributed by atoms with Crippen LogP contribution < -0.4 is 10.2 Å². The van der Waals surface area contributed by atoms with E-state index in [1.807, 2.05) is 48.8 Å². The van der Waals surface area contributed by atoms with E-state index in [0.29, 0.717) is 13.1 Å². The van der Waals surface area contributed by atoms with E-state index in [1.54, 1.807) is 0 Å². The van der Waals surface area contributed by atoms with Gasteiger partial charge in [0.05, 0.1) is 11.3 Å². The van der Waals surface area contributed by atoms with E-state index in [4.69, 9.17) is 4.98 Å². The third kappa shape index (κ3) is 5.09. The Morgan fingerprint density at radius 1 is 1.08 bits per heavy atom. The molecule has 2 saturated heterocycles. The molecule has 0 aliphatic carbocycles. The van der Waals surface area contributed by atoms with Crippen molar-refractivity contribution in [2.75, 3.05) is 42.9 Å². The number of rotatable bonds is 4. The average Bonchev–Trinajstić information content (AvgIpc) is 3.17. The number of fused-ring (bicyclic) bond motifs is 1. The fourth-order valence-corrected chi connectivity index (χ4v) is 6.84. The molecule has 2 fully saturated rings. The minimum atomic E-state index is -0.702. The van der Waals surface area contributed by atoms with Gasteiger partial charge in [-0.15, -0.1) is 0 Å². The standard InChI is InChI=1S/C27H37N5O3S/c1-18-23(24(33)30-13-9-20(10-14-30)27(2,3)35)36-26(28-18)31-15-11-21(12-16-31)32-17-8-19-6-4-5-7-22(19)29-25(32)34/h4-7,20-21,35H,8-17H2,1-3H3,(H,29,34). The summed E-state index contributed by atoms with van der Waals surface area (Å²) in [6.07, 6.45) is 4.27. The fourth-order valence-electron chi connectivity index (χ4n) is 5.76. The maximum absolute atomic E-state index is 13.3. The van der Waals surface area contributed by atoms with Crippen LogP contribution in [0.1, 0.15) is 60.5 Å². The van der Waals surface area contributed by atoms with E-state index < -0.39 is 5.60 Å². The maximum atomic E-state index is 13.3. The molecule has 4 heterocycles. The predicted octanol–water partition coefficient (Wildman–Crippen LogP) is 4.13. The molecule has 9 heteroatoms. The van der Waals surface area contributed by atoms with Gasteiger partial charge in [0.15, 0.2) is 5.13 Å². The SMILES string of the molecule is Cc1nc(N2CCC(N3CCc4ccccc4NC3=O)CC2)sc1C(=O)N1CCC(C(C)(C)O)CC1. The Morgan fingerprint density at radius 2 is 1.78 bits per heavy atom. The summed E-state index contributed by atoms with van der Waals surface area (Å²) in [7, 11) is 0. The third-order valence-corrected chi connectivity index (χ3v) is 9.28. The number of para-hydroxylation sites is 1. The van der Waals surface area contributed by atoms with E-state index in [0.717, 1.165) is 73.1 Å². The zero-order valence-corrected chi connectivity index (χ0v) is 22.3. The van der Waals surface area contributed by atoms with Gasteiger partial charge in [0, 0.05) is 44.5 Å². The van der Waals surface area contributed by atoms with Gasteiger partial charge in [-0.3, -0.25) is 4.79 Å². The van der Waals surface area contributed by atoms with Crippen LogP contribution in [0, 0.1) is 12.8 Å². The molecule has 1 aromatic heterocycles. The first-order chi connectivity index (χ1) is 17.2. The summed E-state index contributed by atoms with van der Waals surface area (Å²) in [5.41, 5.74) is 2.19. The van der Waals surface area contributed by atoms with Crippen molar-refractivity contribution in [1.82, 2.24) is 14.8 Å². The molecule has 0 spiro atoms. The molecule has 36 heavy (non-hydrogen) atoms. The van der Waals surface area contributed by atoms with Gasteiger partial charge in [0.2, 0.25) is 0 Å². The number of carbonyl (C=O) groups excluding carboxylic acids is 2. The summed E-state index contributed by atoms with van der Waals surface area (Å²) < 4.78 is 0. The largest absolute Gasteiger partial charge is 0.390 e. The number of urea groups is 1. The van der Waals surface area contributed by atoms with E-state index in [1.165, 1.54) is 16.9 Å². The van der Waals surface area contributed by atoms with Gasteiger partial charge in [0.25, 0.3) is 5.91 Å². The van der Waals surface area contributed by atoms with Crippen molar-refractivity contribution >= 4 is 34.1 Å². The number of nitrogens with one attached hydrogen (secondary N) is 1. The lowest BCUT2D eigenvalue weighted by atomic mass is 9.83. The van der Waals surface area contributed by atoms with Crippen molar-refractivity contribution in [3.8, 4) is 0 Å². The zero-order chi connectivity index (χ0) is 25.4. The molecule has 0 atom stereocenters. The van der Waals surface area contributed by atoms with Gasteiger partial charge in [-0.2, -0.15) is 0 Å². The molecular formula is C27H37N5O3S. The molecule has 0 radical (unpaired) electrons. The molecule has 0 bridgehead atoms. The van der Waals surface area contributed by atoms with Crippen molar-refractivity contribution in [3.05, 3.63) is 40.4 Å². The van der Waals surface area contributed by atoms with E-state index in [9.17, 15) is 14.7 Å². The van der Waals surface area contributed by atoms with Gasteiger partial charge in [-0.05, 0) is 70.4 Å². The normalized spacial score (nSPS) is 20.2. The minimum Gasteiger partial charge on any atom is -0.390 e. The first-order valence-electron chi connectivity index (χ1n) is 13.1. The van der Waals surface area contributed by atoms with Crippen LogP contribution in [0.4, 0.5) is 15.6 Å². The van der Waals surface area contributed by atoms with Crippen molar-refractivity contribution < 1.29 is 14.7 Å².